The molecular weight excluding hydrogens is 206 g/mol. The fourth-order valence-electron chi connectivity index (χ4n) is 1.03. The van der Waals surface area contributed by atoms with Crippen molar-refractivity contribution < 1.29 is 13.5 Å². The van der Waals surface area contributed by atoms with Crippen molar-refractivity contribution in [3.05, 3.63) is 29.8 Å². The van der Waals surface area contributed by atoms with E-state index in [0.717, 1.165) is 17.8 Å². The number of hydrogen-bond donors (Lipinski definition) is 0. The predicted octanol–water partition coefficient (Wildman–Crippen LogP) is 3.49. The standard InChI is InChI=1S/C10H12F2OS/c1-3-14-9-6-4-8(5-7-9)10(11,12)13-2/h4-7H,3H2,1-2H3. The minimum atomic E-state index is -3.19. The van der Waals surface area contributed by atoms with Crippen LogP contribution in [-0.4, -0.2) is 12.9 Å². The van der Waals surface area contributed by atoms with Crippen molar-refractivity contribution >= 4 is 11.8 Å². The van der Waals surface area contributed by atoms with Crippen LogP contribution in [0.4, 0.5) is 8.78 Å². The van der Waals surface area contributed by atoms with E-state index in [1.165, 1.54) is 12.1 Å². The Hall–Kier alpha value is -0.610. The molecule has 0 fully saturated rings. The average Bonchev–Trinajstić information content (AvgIpc) is 2.19. The largest absolute Gasteiger partial charge is 0.383 e. The monoisotopic (exact) mass is 218 g/mol. The number of halogens is 2. The molecule has 0 spiro atoms. The first-order valence-electron chi connectivity index (χ1n) is 4.26. The molecule has 0 aliphatic heterocycles. The highest BCUT2D eigenvalue weighted by Gasteiger charge is 2.30. The molecule has 0 atom stereocenters. The summed E-state index contributed by atoms with van der Waals surface area (Å²) in [6.45, 7) is 2.02. The molecule has 1 aromatic rings. The van der Waals surface area contributed by atoms with Gasteiger partial charge in [0.15, 0.2) is 0 Å². The van der Waals surface area contributed by atoms with E-state index in [1.54, 1.807) is 23.9 Å². The molecule has 1 nitrogen and oxygen atoms in total. The molecule has 1 rings (SSSR count). The van der Waals surface area contributed by atoms with Gasteiger partial charge in [0.1, 0.15) is 0 Å². The van der Waals surface area contributed by atoms with E-state index >= 15 is 0 Å². The number of hydrogen-bond acceptors (Lipinski definition) is 2. The first-order valence-corrected chi connectivity index (χ1v) is 5.25. The Morgan fingerprint density at radius 2 is 1.86 bits per heavy atom. The zero-order valence-electron chi connectivity index (χ0n) is 8.09. The Bertz CT molecular complexity index is 285. The summed E-state index contributed by atoms with van der Waals surface area (Å²) < 4.78 is 30.0. The topological polar surface area (TPSA) is 9.23 Å². The van der Waals surface area contributed by atoms with Crippen molar-refractivity contribution in [1.82, 2.24) is 0 Å². The van der Waals surface area contributed by atoms with Crippen LogP contribution in [0.15, 0.2) is 29.2 Å². The van der Waals surface area contributed by atoms with Crippen LogP contribution in [0.25, 0.3) is 0 Å². The summed E-state index contributed by atoms with van der Waals surface area (Å²) in [5.74, 6) is 0.931. The van der Waals surface area contributed by atoms with Crippen molar-refractivity contribution in [3.63, 3.8) is 0 Å². The summed E-state index contributed by atoms with van der Waals surface area (Å²) in [6, 6.07) is 6.13. The van der Waals surface area contributed by atoms with Gasteiger partial charge in [-0.2, -0.15) is 8.78 Å². The van der Waals surface area contributed by atoms with Gasteiger partial charge in [-0.15, -0.1) is 11.8 Å². The second kappa shape index (κ2) is 4.75. The molecule has 0 amide bonds. The third-order valence-corrected chi connectivity index (χ3v) is 2.65. The normalized spacial score (nSPS) is 11.7. The van der Waals surface area contributed by atoms with Gasteiger partial charge in [-0.1, -0.05) is 6.92 Å². The Labute approximate surface area is 86.5 Å². The highest BCUT2D eigenvalue weighted by molar-refractivity contribution is 7.99. The lowest BCUT2D eigenvalue weighted by atomic mass is 10.2. The fraction of sp³-hybridized carbons (Fsp3) is 0.400. The molecule has 1 aromatic carbocycles. The molecule has 0 bridgehead atoms. The zero-order valence-corrected chi connectivity index (χ0v) is 8.91. The zero-order chi connectivity index (χ0) is 10.6. The Balaban J connectivity index is 2.82. The van der Waals surface area contributed by atoms with Crippen LogP contribution in [-0.2, 0) is 10.8 Å². The first kappa shape index (κ1) is 11.5. The number of benzene rings is 1. The second-order valence-corrected chi connectivity index (χ2v) is 4.02. The van der Waals surface area contributed by atoms with Gasteiger partial charge in [0.2, 0.25) is 0 Å². The first-order chi connectivity index (χ1) is 6.60. The highest BCUT2D eigenvalue weighted by Crippen LogP contribution is 2.29. The molecule has 4 heteroatoms. The number of thioether (sulfide) groups is 1. The van der Waals surface area contributed by atoms with E-state index in [-0.39, 0.29) is 5.56 Å². The minimum Gasteiger partial charge on any atom is -0.320 e. The van der Waals surface area contributed by atoms with Crippen LogP contribution in [0.3, 0.4) is 0 Å². The van der Waals surface area contributed by atoms with Crippen molar-refractivity contribution in [2.75, 3.05) is 12.9 Å². The lowest BCUT2D eigenvalue weighted by molar-refractivity contribution is -0.231. The molecule has 0 aliphatic rings. The van der Waals surface area contributed by atoms with Crippen molar-refractivity contribution in [2.45, 2.75) is 17.9 Å². The highest BCUT2D eigenvalue weighted by atomic mass is 32.2. The summed E-state index contributed by atoms with van der Waals surface area (Å²) >= 11 is 1.62. The molecule has 78 valence electrons. The third kappa shape index (κ3) is 2.69. The molecule has 0 aromatic heterocycles. The number of alkyl halides is 2. The molecule has 0 saturated carbocycles. The van der Waals surface area contributed by atoms with Crippen LogP contribution >= 0.6 is 11.8 Å². The van der Waals surface area contributed by atoms with Gasteiger partial charge in [-0.05, 0) is 30.0 Å². The quantitative estimate of drug-likeness (QED) is 0.715. The second-order valence-electron chi connectivity index (χ2n) is 2.68. The molecule has 0 unspecified atom stereocenters. The smallest absolute Gasteiger partial charge is 0.320 e. The lowest BCUT2D eigenvalue weighted by Gasteiger charge is -2.14. The number of methoxy groups -OCH3 is 1. The van der Waals surface area contributed by atoms with Gasteiger partial charge in [0.25, 0.3) is 0 Å². The van der Waals surface area contributed by atoms with Gasteiger partial charge in [0, 0.05) is 12.0 Å². The third-order valence-electron chi connectivity index (χ3n) is 1.76. The molecule has 0 heterocycles. The van der Waals surface area contributed by atoms with Crippen LogP contribution in [0.1, 0.15) is 12.5 Å². The van der Waals surface area contributed by atoms with Crippen molar-refractivity contribution in [1.29, 1.82) is 0 Å². The summed E-state index contributed by atoms with van der Waals surface area (Å²) in [6.07, 6.45) is -3.19. The maximum Gasteiger partial charge on any atom is 0.383 e. The Morgan fingerprint density at radius 3 is 2.29 bits per heavy atom. The summed E-state index contributed by atoms with van der Waals surface area (Å²) in [4.78, 5) is 0.989. The van der Waals surface area contributed by atoms with E-state index in [1.807, 2.05) is 6.92 Å². The van der Waals surface area contributed by atoms with E-state index in [0.29, 0.717) is 0 Å². The van der Waals surface area contributed by atoms with Crippen molar-refractivity contribution in [3.8, 4) is 0 Å². The number of rotatable bonds is 4. The molecule has 14 heavy (non-hydrogen) atoms. The minimum absolute atomic E-state index is 0.111. The number of ether oxygens (including phenoxy) is 1. The van der Waals surface area contributed by atoms with Crippen LogP contribution < -0.4 is 0 Å². The van der Waals surface area contributed by atoms with Gasteiger partial charge in [0.05, 0.1) is 5.56 Å². The Morgan fingerprint density at radius 1 is 1.29 bits per heavy atom. The Kier molecular flexibility index (Phi) is 3.89. The van der Waals surface area contributed by atoms with Crippen LogP contribution in [0.5, 0.6) is 0 Å². The molecule has 0 saturated heterocycles. The van der Waals surface area contributed by atoms with Crippen LogP contribution in [0, 0.1) is 0 Å². The van der Waals surface area contributed by atoms with Gasteiger partial charge >= 0.3 is 6.11 Å². The van der Waals surface area contributed by atoms with E-state index in [4.69, 9.17) is 0 Å². The van der Waals surface area contributed by atoms with Gasteiger partial charge in [-0.25, -0.2) is 0 Å². The maximum absolute atomic E-state index is 13.0. The molecule has 0 radical (unpaired) electrons. The van der Waals surface area contributed by atoms with E-state index < -0.39 is 6.11 Å². The molecule has 0 aliphatic carbocycles. The fourth-order valence-corrected chi connectivity index (χ4v) is 1.69. The summed E-state index contributed by atoms with van der Waals surface area (Å²) in [5.41, 5.74) is -0.111. The van der Waals surface area contributed by atoms with E-state index in [9.17, 15) is 8.78 Å². The summed E-state index contributed by atoms with van der Waals surface area (Å²) in [5, 5.41) is 0. The van der Waals surface area contributed by atoms with Gasteiger partial charge in [-0.3, -0.25) is 0 Å². The van der Waals surface area contributed by atoms with Crippen molar-refractivity contribution in [2.24, 2.45) is 0 Å². The SMILES string of the molecule is CCSc1ccc(C(F)(F)OC)cc1. The lowest BCUT2D eigenvalue weighted by Crippen LogP contribution is -2.15. The van der Waals surface area contributed by atoms with E-state index in [2.05, 4.69) is 4.74 Å². The maximum atomic E-state index is 13.0. The molecule has 0 N–H and O–H groups in total. The summed E-state index contributed by atoms with van der Waals surface area (Å²) in [7, 11) is 0.995. The predicted molar refractivity (Wildman–Crippen MR) is 53.7 cm³/mol. The molecular formula is C10H12F2OS. The van der Waals surface area contributed by atoms with Crippen LogP contribution in [0.2, 0.25) is 0 Å². The average molecular weight is 218 g/mol. The van der Waals surface area contributed by atoms with Gasteiger partial charge < -0.3 is 4.74 Å².